The number of benzene rings is 1. The van der Waals surface area contributed by atoms with Gasteiger partial charge in [0.15, 0.2) is 0 Å². The Morgan fingerprint density at radius 3 is 1.84 bits per heavy atom. The summed E-state index contributed by atoms with van der Waals surface area (Å²) < 4.78 is 0. The summed E-state index contributed by atoms with van der Waals surface area (Å²) in [6.45, 7) is 4.91. The molecule has 0 N–H and O–H groups in total. The minimum Gasteiger partial charge on any atom is -0.545 e. The molecular formula is C11H11N2O6-. The van der Waals surface area contributed by atoms with Gasteiger partial charge in [-0.15, -0.1) is 0 Å². The number of carbonyl (C=O) groups excluding carboxylic acids is 1. The van der Waals surface area contributed by atoms with E-state index in [9.17, 15) is 30.1 Å². The largest absolute Gasteiger partial charge is 0.545 e. The fraction of sp³-hybridized carbons (Fsp3) is 0.364. The number of nitro groups is 2. The highest BCUT2D eigenvalue weighted by Gasteiger charge is 2.30. The highest BCUT2D eigenvalue weighted by molar-refractivity contribution is 5.92. The fourth-order valence-electron chi connectivity index (χ4n) is 1.64. The molecule has 0 aliphatic rings. The molecule has 8 nitrogen and oxygen atoms in total. The lowest BCUT2D eigenvalue weighted by Crippen LogP contribution is -2.24. The zero-order valence-electron chi connectivity index (χ0n) is 10.5. The smallest absolute Gasteiger partial charge is 0.279 e. The van der Waals surface area contributed by atoms with E-state index in [0.717, 1.165) is 6.07 Å². The third kappa shape index (κ3) is 2.84. The number of carboxylic acid groups (broad SMARTS) is 1. The minimum atomic E-state index is -1.82. The molecule has 0 aromatic heterocycles. The van der Waals surface area contributed by atoms with Gasteiger partial charge in [-0.2, -0.15) is 0 Å². The first kappa shape index (κ1) is 14.6. The number of carboxylic acids is 1. The van der Waals surface area contributed by atoms with E-state index in [2.05, 4.69) is 0 Å². The second-order valence-corrected chi connectivity index (χ2v) is 4.94. The summed E-state index contributed by atoms with van der Waals surface area (Å²) >= 11 is 0. The van der Waals surface area contributed by atoms with Crippen LogP contribution in [0.3, 0.4) is 0 Å². The van der Waals surface area contributed by atoms with Gasteiger partial charge in [-0.1, -0.05) is 20.8 Å². The van der Waals surface area contributed by atoms with Crippen LogP contribution in [0.15, 0.2) is 12.1 Å². The Morgan fingerprint density at radius 2 is 1.53 bits per heavy atom. The van der Waals surface area contributed by atoms with Crippen LogP contribution in [0.2, 0.25) is 0 Å². The van der Waals surface area contributed by atoms with Gasteiger partial charge in [-0.3, -0.25) is 20.2 Å². The summed E-state index contributed by atoms with van der Waals surface area (Å²) in [5.74, 6) is -1.82. The van der Waals surface area contributed by atoms with Crippen molar-refractivity contribution in [2.45, 2.75) is 26.2 Å². The third-order valence-corrected chi connectivity index (χ3v) is 2.54. The molecule has 0 atom stereocenters. The van der Waals surface area contributed by atoms with Crippen LogP contribution < -0.4 is 5.11 Å². The van der Waals surface area contributed by atoms with E-state index in [0.29, 0.717) is 6.07 Å². The SMILES string of the molecule is CC(C)(C)c1cc([N+](=O)[O-])c(C(=O)[O-])cc1[N+](=O)[O-]. The van der Waals surface area contributed by atoms with Crippen LogP contribution in [0.25, 0.3) is 0 Å². The van der Waals surface area contributed by atoms with Gasteiger partial charge in [0.2, 0.25) is 0 Å². The van der Waals surface area contributed by atoms with Gasteiger partial charge in [-0.05, 0) is 5.41 Å². The Balaban J connectivity index is 3.75. The van der Waals surface area contributed by atoms with Crippen LogP contribution in [0.1, 0.15) is 36.7 Å². The Bertz CT molecular complexity index is 573. The average molecular weight is 267 g/mol. The summed E-state index contributed by atoms with van der Waals surface area (Å²) in [4.78, 5) is 30.9. The molecule has 1 aromatic rings. The van der Waals surface area contributed by atoms with Crippen molar-refractivity contribution in [3.8, 4) is 0 Å². The van der Waals surface area contributed by atoms with Crippen LogP contribution >= 0.6 is 0 Å². The van der Waals surface area contributed by atoms with Gasteiger partial charge < -0.3 is 9.90 Å². The normalized spacial score (nSPS) is 11.1. The molecule has 102 valence electrons. The monoisotopic (exact) mass is 267 g/mol. The standard InChI is InChI=1S/C11H12N2O6/c1-11(2,3)7-5-8(12(16)17)6(10(14)15)4-9(7)13(18)19/h4-5H,1-3H3,(H,14,15)/p-1. The molecular weight excluding hydrogens is 256 g/mol. The molecule has 0 heterocycles. The molecule has 0 radical (unpaired) electrons. The summed E-state index contributed by atoms with van der Waals surface area (Å²) in [5, 5.41) is 32.6. The number of hydrogen-bond donors (Lipinski definition) is 0. The first-order valence-corrected chi connectivity index (χ1v) is 5.24. The quantitative estimate of drug-likeness (QED) is 0.597. The summed E-state index contributed by atoms with van der Waals surface area (Å²) in [7, 11) is 0. The molecule has 0 spiro atoms. The molecule has 1 aromatic carbocycles. The lowest BCUT2D eigenvalue weighted by molar-refractivity contribution is -0.390. The first-order valence-electron chi connectivity index (χ1n) is 5.24. The molecule has 0 saturated heterocycles. The van der Waals surface area contributed by atoms with Crippen molar-refractivity contribution in [2.24, 2.45) is 0 Å². The van der Waals surface area contributed by atoms with E-state index in [4.69, 9.17) is 0 Å². The summed E-state index contributed by atoms with van der Waals surface area (Å²) in [6.07, 6.45) is 0. The van der Waals surface area contributed by atoms with Gasteiger partial charge in [-0.25, -0.2) is 0 Å². The average Bonchev–Trinajstić information content (AvgIpc) is 2.25. The Hall–Kier alpha value is -2.51. The van der Waals surface area contributed by atoms with Crippen LogP contribution in [-0.2, 0) is 5.41 Å². The Morgan fingerprint density at radius 1 is 1.05 bits per heavy atom. The zero-order chi connectivity index (χ0) is 15.0. The number of nitrogens with zero attached hydrogens (tertiary/aromatic N) is 2. The second-order valence-electron chi connectivity index (χ2n) is 4.94. The molecule has 8 heteroatoms. The summed E-state index contributed by atoms with van der Waals surface area (Å²) in [5.41, 5.74) is -2.64. The van der Waals surface area contributed by atoms with Crippen LogP contribution in [0.5, 0.6) is 0 Å². The molecule has 0 amide bonds. The van der Waals surface area contributed by atoms with Crippen molar-refractivity contribution in [3.63, 3.8) is 0 Å². The van der Waals surface area contributed by atoms with E-state index in [1.807, 2.05) is 0 Å². The number of nitro benzene ring substituents is 2. The van der Waals surface area contributed by atoms with Gasteiger partial charge in [0.05, 0.1) is 21.4 Å². The predicted molar refractivity (Wildman–Crippen MR) is 62.8 cm³/mol. The van der Waals surface area contributed by atoms with Crippen LogP contribution in [0, 0.1) is 20.2 Å². The van der Waals surface area contributed by atoms with Crippen LogP contribution in [0.4, 0.5) is 11.4 Å². The molecule has 0 bridgehead atoms. The summed E-state index contributed by atoms with van der Waals surface area (Å²) in [6, 6.07) is 1.59. The zero-order valence-corrected chi connectivity index (χ0v) is 10.5. The second kappa shape index (κ2) is 4.63. The third-order valence-electron chi connectivity index (χ3n) is 2.54. The fourth-order valence-corrected chi connectivity index (χ4v) is 1.64. The Kier molecular flexibility index (Phi) is 3.55. The van der Waals surface area contributed by atoms with Crippen molar-refractivity contribution in [1.82, 2.24) is 0 Å². The van der Waals surface area contributed by atoms with Gasteiger partial charge in [0, 0.05) is 17.7 Å². The molecule has 0 unspecified atom stereocenters. The van der Waals surface area contributed by atoms with Gasteiger partial charge in [0.1, 0.15) is 0 Å². The van der Waals surface area contributed by atoms with E-state index < -0.39 is 38.2 Å². The van der Waals surface area contributed by atoms with E-state index in [1.165, 1.54) is 0 Å². The van der Waals surface area contributed by atoms with Crippen molar-refractivity contribution >= 4 is 17.3 Å². The van der Waals surface area contributed by atoms with Crippen molar-refractivity contribution in [1.29, 1.82) is 0 Å². The minimum absolute atomic E-state index is 0.0919. The molecule has 0 saturated carbocycles. The maximum atomic E-state index is 10.9. The van der Waals surface area contributed by atoms with Crippen LogP contribution in [-0.4, -0.2) is 15.8 Å². The maximum Gasteiger partial charge on any atom is 0.279 e. The van der Waals surface area contributed by atoms with E-state index >= 15 is 0 Å². The van der Waals surface area contributed by atoms with Gasteiger partial charge in [0.25, 0.3) is 11.4 Å². The van der Waals surface area contributed by atoms with Gasteiger partial charge >= 0.3 is 0 Å². The molecule has 1 rings (SSSR count). The topological polar surface area (TPSA) is 126 Å². The number of hydrogen-bond acceptors (Lipinski definition) is 6. The van der Waals surface area contributed by atoms with Crippen molar-refractivity contribution in [2.75, 3.05) is 0 Å². The van der Waals surface area contributed by atoms with Crippen molar-refractivity contribution < 1.29 is 19.7 Å². The molecule has 0 aliphatic heterocycles. The lowest BCUT2D eigenvalue weighted by atomic mass is 9.84. The molecule has 0 fully saturated rings. The maximum absolute atomic E-state index is 10.9. The number of aromatic carboxylic acids is 1. The van der Waals surface area contributed by atoms with E-state index in [-0.39, 0.29) is 5.56 Å². The number of carbonyl (C=O) groups is 1. The first-order chi connectivity index (χ1) is 8.55. The number of rotatable bonds is 3. The highest BCUT2D eigenvalue weighted by Crippen LogP contribution is 2.36. The lowest BCUT2D eigenvalue weighted by Gasteiger charge is -2.19. The predicted octanol–water partition coefficient (Wildman–Crippen LogP) is 1.16. The highest BCUT2D eigenvalue weighted by atomic mass is 16.6. The van der Waals surface area contributed by atoms with Crippen molar-refractivity contribution in [3.05, 3.63) is 43.5 Å². The van der Waals surface area contributed by atoms with E-state index in [1.54, 1.807) is 20.8 Å². The molecule has 0 aliphatic carbocycles. The molecule has 19 heavy (non-hydrogen) atoms. The Labute approximate surface area is 108 Å².